The Balaban J connectivity index is 1.98. The van der Waals surface area contributed by atoms with E-state index in [1.165, 1.54) is 12.1 Å². The number of aromatic carboxylic acids is 1. The van der Waals surface area contributed by atoms with E-state index in [9.17, 15) is 9.59 Å². The largest absolute Gasteiger partial charge is 0.478 e. The molecule has 2 N–H and O–H groups in total. The van der Waals surface area contributed by atoms with Gasteiger partial charge < -0.3 is 15.3 Å². The standard InChI is InChI=1S/C13H14N2O3/c16-12(17)10-4-6-11(7-5-10)14-13(18)15-8-2-1-3-9-15/h1-2,4-7H,3,8-9H2,(H,14,18)(H,16,17). The molecule has 0 bridgehead atoms. The number of nitrogens with zero attached hydrogens (tertiary/aromatic N) is 1. The molecule has 5 heteroatoms. The highest BCUT2D eigenvalue weighted by molar-refractivity contribution is 5.91. The van der Waals surface area contributed by atoms with Crippen molar-refractivity contribution in [2.75, 3.05) is 18.4 Å². The fraction of sp³-hybridized carbons (Fsp3) is 0.231. The minimum atomic E-state index is -0.978. The van der Waals surface area contributed by atoms with Gasteiger partial charge in [-0.25, -0.2) is 9.59 Å². The van der Waals surface area contributed by atoms with Crippen LogP contribution in [0.4, 0.5) is 10.5 Å². The molecule has 0 atom stereocenters. The number of hydrogen-bond acceptors (Lipinski definition) is 2. The summed E-state index contributed by atoms with van der Waals surface area (Å²) >= 11 is 0. The van der Waals surface area contributed by atoms with E-state index in [-0.39, 0.29) is 11.6 Å². The van der Waals surface area contributed by atoms with Crippen molar-refractivity contribution in [3.05, 3.63) is 42.0 Å². The van der Waals surface area contributed by atoms with Gasteiger partial charge in [-0.2, -0.15) is 0 Å². The second-order valence-electron chi connectivity index (χ2n) is 4.02. The zero-order valence-corrected chi connectivity index (χ0v) is 9.80. The molecule has 5 nitrogen and oxygen atoms in total. The second-order valence-corrected chi connectivity index (χ2v) is 4.02. The number of rotatable bonds is 2. The van der Waals surface area contributed by atoms with Crippen LogP contribution in [0.5, 0.6) is 0 Å². The summed E-state index contributed by atoms with van der Waals surface area (Å²) in [6.45, 7) is 1.31. The molecule has 1 aliphatic rings. The van der Waals surface area contributed by atoms with Crippen LogP contribution in [-0.2, 0) is 0 Å². The quantitative estimate of drug-likeness (QED) is 0.786. The summed E-state index contributed by atoms with van der Waals surface area (Å²) in [4.78, 5) is 24.2. The van der Waals surface area contributed by atoms with Crippen LogP contribution in [0.3, 0.4) is 0 Å². The molecule has 0 saturated carbocycles. The predicted octanol–water partition coefficient (Wildman–Crippen LogP) is 2.18. The van der Waals surface area contributed by atoms with Gasteiger partial charge in [-0.3, -0.25) is 0 Å². The van der Waals surface area contributed by atoms with Crippen LogP contribution < -0.4 is 5.32 Å². The maximum Gasteiger partial charge on any atom is 0.335 e. The summed E-state index contributed by atoms with van der Waals surface area (Å²) in [5, 5.41) is 11.5. The molecular formula is C13H14N2O3. The summed E-state index contributed by atoms with van der Waals surface area (Å²) < 4.78 is 0. The molecule has 0 aromatic heterocycles. The van der Waals surface area contributed by atoms with E-state index < -0.39 is 5.97 Å². The van der Waals surface area contributed by atoms with Crippen LogP contribution in [0.1, 0.15) is 16.8 Å². The van der Waals surface area contributed by atoms with E-state index in [0.29, 0.717) is 18.8 Å². The normalized spacial score (nSPS) is 14.3. The number of carbonyl (C=O) groups excluding carboxylic acids is 1. The number of anilines is 1. The third-order valence-electron chi connectivity index (χ3n) is 2.73. The first-order valence-electron chi connectivity index (χ1n) is 5.71. The lowest BCUT2D eigenvalue weighted by molar-refractivity contribution is 0.0697. The van der Waals surface area contributed by atoms with E-state index in [2.05, 4.69) is 5.32 Å². The molecule has 1 heterocycles. The number of nitrogens with one attached hydrogen (secondary N) is 1. The molecule has 0 fully saturated rings. The summed E-state index contributed by atoms with van der Waals surface area (Å²) in [6.07, 6.45) is 4.87. The predicted molar refractivity (Wildman–Crippen MR) is 67.8 cm³/mol. The summed E-state index contributed by atoms with van der Waals surface area (Å²) in [6, 6.07) is 5.94. The number of carboxylic acid groups (broad SMARTS) is 1. The zero-order chi connectivity index (χ0) is 13.0. The van der Waals surface area contributed by atoms with E-state index in [4.69, 9.17) is 5.11 Å². The SMILES string of the molecule is O=C(O)c1ccc(NC(=O)N2CC=CCC2)cc1. The number of carbonyl (C=O) groups is 2. The van der Waals surface area contributed by atoms with Gasteiger partial charge in [0.2, 0.25) is 0 Å². The fourth-order valence-corrected chi connectivity index (χ4v) is 1.72. The van der Waals surface area contributed by atoms with Crippen LogP contribution in [-0.4, -0.2) is 35.1 Å². The summed E-state index contributed by atoms with van der Waals surface area (Å²) in [7, 11) is 0. The molecule has 0 aliphatic carbocycles. The van der Waals surface area contributed by atoms with Crippen molar-refractivity contribution < 1.29 is 14.7 Å². The monoisotopic (exact) mass is 246 g/mol. The van der Waals surface area contributed by atoms with Crippen molar-refractivity contribution in [1.29, 1.82) is 0 Å². The Hall–Kier alpha value is -2.30. The first-order chi connectivity index (χ1) is 8.66. The Morgan fingerprint density at radius 1 is 1.17 bits per heavy atom. The number of urea groups is 1. The first kappa shape index (κ1) is 12.2. The van der Waals surface area contributed by atoms with E-state index in [0.717, 1.165) is 6.42 Å². The molecule has 1 aliphatic heterocycles. The Morgan fingerprint density at radius 3 is 2.44 bits per heavy atom. The Morgan fingerprint density at radius 2 is 1.89 bits per heavy atom. The Labute approximate surface area is 105 Å². The van der Waals surface area contributed by atoms with Gasteiger partial charge in [0.1, 0.15) is 0 Å². The maximum atomic E-state index is 11.9. The fourth-order valence-electron chi connectivity index (χ4n) is 1.72. The molecule has 0 unspecified atom stereocenters. The van der Waals surface area contributed by atoms with Gasteiger partial charge in [0.15, 0.2) is 0 Å². The lowest BCUT2D eigenvalue weighted by Gasteiger charge is -2.23. The van der Waals surface area contributed by atoms with Crippen molar-refractivity contribution in [2.24, 2.45) is 0 Å². The van der Waals surface area contributed by atoms with Crippen molar-refractivity contribution in [1.82, 2.24) is 4.90 Å². The van der Waals surface area contributed by atoms with Crippen molar-refractivity contribution in [3.63, 3.8) is 0 Å². The zero-order valence-electron chi connectivity index (χ0n) is 9.80. The van der Waals surface area contributed by atoms with Crippen LogP contribution in [0.15, 0.2) is 36.4 Å². The van der Waals surface area contributed by atoms with Gasteiger partial charge >= 0.3 is 12.0 Å². The van der Waals surface area contributed by atoms with Crippen LogP contribution >= 0.6 is 0 Å². The van der Waals surface area contributed by atoms with Gasteiger partial charge in [-0.15, -0.1) is 0 Å². The molecule has 2 amide bonds. The molecule has 18 heavy (non-hydrogen) atoms. The van der Waals surface area contributed by atoms with Crippen LogP contribution in [0, 0.1) is 0 Å². The van der Waals surface area contributed by atoms with Gasteiger partial charge in [0.05, 0.1) is 5.56 Å². The molecule has 0 spiro atoms. The van der Waals surface area contributed by atoms with Crippen LogP contribution in [0.2, 0.25) is 0 Å². The molecule has 0 saturated heterocycles. The van der Waals surface area contributed by atoms with E-state index in [1.54, 1.807) is 17.0 Å². The molecule has 0 radical (unpaired) electrons. The maximum absolute atomic E-state index is 11.9. The summed E-state index contributed by atoms with van der Waals surface area (Å²) in [5.41, 5.74) is 0.799. The third kappa shape index (κ3) is 2.88. The highest BCUT2D eigenvalue weighted by Crippen LogP contribution is 2.11. The highest BCUT2D eigenvalue weighted by atomic mass is 16.4. The van der Waals surface area contributed by atoms with Crippen LogP contribution in [0.25, 0.3) is 0 Å². The number of carboxylic acids is 1. The van der Waals surface area contributed by atoms with E-state index >= 15 is 0 Å². The molecule has 1 aromatic rings. The molecule has 1 aromatic carbocycles. The smallest absolute Gasteiger partial charge is 0.335 e. The van der Waals surface area contributed by atoms with Crippen molar-refractivity contribution in [2.45, 2.75) is 6.42 Å². The van der Waals surface area contributed by atoms with Gasteiger partial charge in [0, 0.05) is 18.8 Å². The number of amides is 2. The highest BCUT2D eigenvalue weighted by Gasteiger charge is 2.13. The minimum Gasteiger partial charge on any atom is -0.478 e. The van der Waals surface area contributed by atoms with Gasteiger partial charge in [0.25, 0.3) is 0 Å². The summed E-state index contributed by atoms with van der Waals surface area (Å²) in [5.74, 6) is -0.978. The average molecular weight is 246 g/mol. The molecule has 2 rings (SSSR count). The van der Waals surface area contributed by atoms with Gasteiger partial charge in [-0.1, -0.05) is 12.2 Å². The first-order valence-corrected chi connectivity index (χ1v) is 5.71. The average Bonchev–Trinajstić information content (AvgIpc) is 2.40. The second kappa shape index (κ2) is 5.35. The lowest BCUT2D eigenvalue weighted by atomic mass is 10.2. The molecular weight excluding hydrogens is 232 g/mol. The number of hydrogen-bond donors (Lipinski definition) is 2. The topological polar surface area (TPSA) is 69.6 Å². The third-order valence-corrected chi connectivity index (χ3v) is 2.73. The lowest BCUT2D eigenvalue weighted by Crippen LogP contribution is -2.37. The van der Waals surface area contributed by atoms with Crippen molar-refractivity contribution >= 4 is 17.7 Å². The molecule has 94 valence electrons. The minimum absolute atomic E-state index is 0.164. The number of benzene rings is 1. The Bertz CT molecular complexity index is 480. The van der Waals surface area contributed by atoms with Gasteiger partial charge in [-0.05, 0) is 30.7 Å². The Kier molecular flexibility index (Phi) is 3.62. The van der Waals surface area contributed by atoms with E-state index in [1.807, 2.05) is 12.2 Å². The van der Waals surface area contributed by atoms with Crippen molar-refractivity contribution in [3.8, 4) is 0 Å².